The van der Waals surface area contributed by atoms with E-state index in [0.717, 1.165) is 13.1 Å². The number of aliphatic hydroxyl groups is 1. The molecule has 1 aliphatic rings. The molecule has 0 amide bonds. The lowest BCUT2D eigenvalue weighted by molar-refractivity contribution is 0.0709. The summed E-state index contributed by atoms with van der Waals surface area (Å²) >= 11 is 0. The molecule has 0 aromatic carbocycles. The van der Waals surface area contributed by atoms with Crippen molar-refractivity contribution in [3.05, 3.63) is 30.1 Å². The highest BCUT2D eigenvalue weighted by atomic mass is 16.5. The third kappa shape index (κ3) is 3.49. The molecular formula is C13H20N2O2. The van der Waals surface area contributed by atoms with E-state index in [4.69, 9.17) is 9.84 Å². The number of ether oxygens (including phenoxy) is 1. The van der Waals surface area contributed by atoms with Crippen molar-refractivity contribution >= 4 is 0 Å². The molecule has 1 aliphatic heterocycles. The van der Waals surface area contributed by atoms with E-state index >= 15 is 0 Å². The van der Waals surface area contributed by atoms with Gasteiger partial charge in [0.2, 0.25) is 0 Å². The minimum absolute atomic E-state index is 0.103. The maximum absolute atomic E-state index is 8.64. The van der Waals surface area contributed by atoms with Crippen molar-refractivity contribution in [3.8, 4) is 0 Å². The van der Waals surface area contributed by atoms with Crippen LogP contribution in [0.25, 0.3) is 0 Å². The third-order valence-electron chi connectivity index (χ3n) is 3.19. The van der Waals surface area contributed by atoms with E-state index in [2.05, 4.69) is 16.0 Å². The Kier molecular flexibility index (Phi) is 4.91. The van der Waals surface area contributed by atoms with E-state index in [0.29, 0.717) is 19.3 Å². The lowest BCUT2D eigenvalue weighted by Gasteiger charge is -2.24. The Hall–Kier alpha value is -0.970. The minimum atomic E-state index is 0.103. The topological polar surface area (TPSA) is 45.6 Å². The van der Waals surface area contributed by atoms with Gasteiger partial charge in [0, 0.05) is 25.0 Å². The summed E-state index contributed by atoms with van der Waals surface area (Å²) in [6, 6.07) is 4.62. The molecule has 2 rings (SSSR count). The van der Waals surface area contributed by atoms with Crippen molar-refractivity contribution in [1.82, 2.24) is 9.88 Å². The zero-order valence-corrected chi connectivity index (χ0v) is 10.1. The smallest absolute Gasteiger partial charge is 0.0698 e. The largest absolute Gasteiger partial charge is 0.394 e. The molecule has 0 aliphatic carbocycles. The summed E-state index contributed by atoms with van der Waals surface area (Å²) in [5, 5.41) is 8.64. The molecule has 4 nitrogen and oxygen atoms in total. The second kappa shape index (κ2) is 6.69. The molecule has 1 unspecified atom stereocenters. The van der Waals surface area contributed by atoms with E-state index in [1.54, 1.807) is 0 Å². The van der Waals surface area contributed by atoms with E-state index in [1.807, 2.05) is 18.5 Å². The predicted molar refractivity (Wildman–Crippen MR) is 65.7 cm³/mol. The van der Waals surface area contributed by atoms with Gasteiger partial charge in [-0.05, 0) is 31.0 Å². The number of aromatic nitrogens is 1. The maximum atomic E-state index is 8.64. The van der Waals surface area contributed by atoms with Gasteiger partial charge in [0.05, 0.1) is 19.8 Å². The van der Waals surface area contributed by atoms with E-state index < -0.39 is 0 Å². The highest BCUT2D eigenvalue weighted by Gasteiger charge is 2.25. The van der Waals surface area contributed by atoms with Crippen LogP contribution >= 0.6 is 0 Å². The van der Waals surface area contributed by atoms with Gasteiger partial charge >= 0.3 is 0 Å². The Balaban J connectivity index is 1.85. The van der Waals surface area contributed by atoms with Crippen LogP contribution in [0, 0.1) is 0 Å². The molecule has 1 saturated heterocycles. The van der Waals surface area contributed by atoms with Crippen molar-refractivity contribution < 1.29 is 9.84 Å². The summed E-state index contributed by atoms with van der Waals surface area (Å²) in [5.74, 6) is 0. The summed E-state index contributed by atoms with van der Waals surface area (Å²) < 4.78 is 5.32. The molecule has 1 aromatic heterocycles. The molecule has 0 saturated carbocycles. The summed E-state index contributed by atoms with van der Waals surface area (Å²) in [5.41, 5.74) is 1.30. The van der Waals surface area contributed by atoms with Gasteiger partial charge in [-0.1, -0.05) is 6.07 Å². The minimum Gasteiger partial charge on any atom is -0.394 e. The lowest BCUT2D eigenvalue weighted by atomic mass is 10.1. The Labute approximate surface area is 102 Å². The highest BCUT2D eigenvalue weighted by Crippen LogP contribution is 2.30. The van der Waals surface area contributed by atoms with E-state index in [-0.39, 0.29) is 6.61 Å². The molecule has 1 fully saturated rings. The fraction of sp³-hybridized carbons (Fsp3) is 0.615. The number of rotatable bonds is 6. The van der Waals surface area contributed by atoms with Crippen molar-refractivity contribution in [3.63, 3.8) is 0 Å². The van der Waals surface area contributed by atoms with Gasteiger partial charge in [-0.15, -0.1) is 0 Å². The molecule has 0 radical (unpaired) electrons. The molecule has 94 valence electrons. The fourth-order valence-corrected chi connectivity index (χ4v) is 2.39. The summed E-state index contributed by atoms with van der Waals surface area (Å²) in [4.78, 5) is 6.62. The summed E-state index contributed by atoms with van der Waals surface area (Å²) in [6.45, 7) is 3.29. The molecule has 17 heavy (non-hydrogen) atoms. The predicted octanol–water partition coefficient (Wildman–Crippen LogP) is 1.23. The molecule has 1 aromatic rings. The lowest BCUT2D eigenvalue weighted by Crippen LogP contribution is -2.27. The van der Waals surface area contributed by atoms with E-state index in [9.17, 15) is 0 Å². The number of aliphatic hydroxyl groups excluding tert-OH is 1. The number of hydrogen-bond donors (Lipinski definition) is 1. The van der Waals surface area contributed by atoms with Gasteiger partial charge in [0.15, 0.2) is 0 Å². The fourth-order valence-electron chi connectivity index (χ4n) is 2.39. The van der Waals surface area contributed by atoms with Gasteiger partial charge in [-0.25, -0.2) is 0 Å². The summed E-state index contributed by atoms with van der Waals surface area (Å²) in [6.07, 6.45) is 6.20. The van der Waals surface area contributed by atoms with Gasteiger partial charge < -0.3 is 9.84 Å². The van der Waals surface area contributed by atoms with Crippen LogP contribution in [0.3, 0.4) is 0 Å². The Bertz CT molecular complexity index is 318. The Morgan fingerprint density at radius 3 is 3.18 bits per heavy atom. The van der Waals surface area contributed by atoms with E-state index in [1.165, 1.54) is 18.4 Å². The quantitative estimate of drug-likeness (QED) is 0.755. The van der Waals surface area contributed by atoms with Crippen molar-refractivity contribution in [2.24, 2.45) is 0 Å². The molecule has 0 bridgehead atoms. The molecular weight excluding hydrogens is 216 g/mol. The van der Waals surface area contributed by atoms with Crippen LogP contribution in [-0.2, 0) is 4.74 Å². The van der Waals surface area contributed by atoms with Crippen LogP contribution in [-0.4, -0.2) is 47.9 Å². The van der Waals surface area contributed by atoms with Crippen LogP contribution < -0.4 is 0 Å². The molecule has 1 atom stereocenters. The SMILES string of the molecule is OCCOCCN1CCCC1c1cccnc1. The number of nitrogens with zero attached hydrogens (tertiary/aromatic N) is 2. The van der Waals surface area contributed by atoms with Gasteiger partial charge in [-0.2, -0.15) is 0 Å². The van der Waals surface area contributed by atoms with Crippen LogP contribution in [0.1, 0.15) is 24.4 Å². The van der Waals surface area contributed by atoms with Crippen molar-refractivity contribution in [1.29, 1.82) is 0 Å². The first kappa shape index (κ1) is 12.5. The third-order valence-corrected chi connectivity index (χ3v) is 3.19. The normalized spacial score (nSPS) is 20.9. The number of hydrogen-bond acceptors (Lipinski definition) is 4. The second-order valence-corrected chi connectivity index (χ2v) is 4.32. The zero-order valence-electron chi connectivity index (χ0n) is 10.1. The monoisotopic (exact) mass is 236 g/mol. The van der Waals surface area contributed by atoms with Crippen LogP contribution in [0.15, 0.2) is 24.5 Å². The summed E-state index contributed by atoms with van der Waals surface area (Å²) in [7, 11) is 0. The average molecular weight is 236 g/mol. The Morgan fingerprint density at radius 2 is 2.41 bits per heavy atom. The standard InChI is InChI=1S/C13H20N2O2/c16-8-10-17-9-7-15-6-2-4-13(15)12-3-1-5-14-11-12/h1,3,5,11,13,16H,2,4,6-10H2. The van der Waals surface area contributed by atoms with Crippen LogP contribution in [0.5, 0.6) is 0 Å². The molecule has 2 heterocycles. The average Bonchev–Trinajstić information content (AvgIpc) is 2.84. The maximum Gasteiger partial charge on any atom is 0.0698 e. The van der Waals surface area contributed by atoms with Gasteiger partial charge in [-0.3, -0.25) is 9.88 Å². The van der Waals surface area contributed by atoms with Crippen molar-refractivity contribution in [2.45, 2.75) is 18.9 Å². The van der Waals surface area contributed by atoms with Crippen molar-refractivity contribution in [2.75, 3.05) is 32.9 Å². The number of likely N-dealkylation sites (tertiary alicyclic amines) is 1. The van der Waals surface area contributed by atoms with Crippen LogP contribution in [0.2, 0.25) is 0 Å². The molecule has 1 N–H and O–H groups in total. The van der Waals surface area contributed by atoms with Gasteiger partial charge in [0.1, 0.15) is 0 Å². The molecule has 4 heteroatoms. The first-order chi connectivity index (χ1) is 8.42. The number of pyridine rings is 1. The van der Waals surface area contributed by atoms with Gasteiger partial charge in [0.25, 0.3) is 0 Å². The highest BCUT2D eigenvalue weighted by molar-refractivity contribution is 5.15. The van der Waals surface area contributed by atoms with Crippen LogP contribution in [0.4, 0.5) is 0 Å². The zero-order chi connectivity index (χ0) is 11.9. The molecule has 0 spiro atoms. The second-order valence-electron chi connectivity index (χ2n) is 4.32. The first-order valence-electron chi connectivity index (χ1n) is 6.24. The first-order valence-corrected chi connectivity index (χ1v) is 6.24. The Morgan fingerprint density at radius 1 is 1.47 bits per heavy atom.